The number of hydrogen-bond acceptors (Lipinski definition) is 7. The van der Waals surface area contributed by atoms with Crippen LogP contribution < -0.4 is 4.74 Å². The van der Waals surface area contributed by atoms with Crippen molar-refractivity contribution in [3.05, 3.63) is 75.2 Å². The molecule has 0 aliphatic rings. The molecule has 0 atom stereocenters. The molecule has 144 valence electrons. The highest BCUT2D eigenvalue weighted by atomic mass is 16.6. The summed E-state index contributed by atoms with van der Waals surface area (Å²) in [7, 11) is 1.17. The number of carbonyl (C=O) groups is 1. The van der Waals surface area contributed by atoms with Crippen LogP contribution in [0.4, 0.5) is 5.69 Å². The summed E-state index contributed by atoms with van der Waals surface area (Å²) in [6, 6.07) is 12.1. The first-order chi connectivity index (χ1) is 13.4. The van der Waals surface area contributed by atoms with Crippen molar-refractivity contribution in [1.82, 2.24) is 5.16 Å². The molecule has 1 heterocycles. The SMILES string of the molecule is COC(=O)c1ccc(-c2c(C)noc2C)c(OCc2ccccc2)c1[N+](=O)[O-]. The third-order valence-corrected chi connectivity index (χ3v) is 4.25. The van der Waals surface area contributed by atoms with Crippen molar-refractivity contribution in [1.29, 1.82) is 0 Å². The van der Waals surface area contributed by atoms with Gasteiger partial charge in [-0.2, -0.15) is 0 Å². The van der Waals surface area contributed by atoms with E-state index in [1.807, 2.05) is 30.3 Å². The van der Waals surface area contributed by atoms with Gasteiger partial charge in [0.05, 0.1) is 23.3 Å². The van der Waals surface area contributed by atoms with E-state index in [4.69, 9.17) is 14.0 Å². The van der Waals surface area contributed by atoms with Gasteiger partial charge in [-0.25, -0.2) is 4.79 Å². The Hall–Kier alpha value is -3.68. The molecule has 8 nitrogen and oxygen atoms in total. The van der Waals surface area contributed by atoms with E-state index < -0.39 is 16.6 Å². The maximum atomic E-state index is 12.1. The molecule has 2 aromatic carbocycles. The van der Waals surface area contributed by atoms with Gasteiger partial charge in [-0.05, 0) is 31.5 Å². The number of aromatic nitrogens is 1. The average Bonchev–Trinajstić information content (AvgIpc) is 3.03. The van der Waals surface area contributed by atoms with E-state index in [-0.39, 0.29) is 17.9 Å². The summed E-state index contributed by atoms with van der Waals surface area (Å²) >= 11 is 0. The summed E-state index contributed by atoms with van der Waals surface area (Å²) in [5.74, 6) is -0.366. The van der Waals surface area contributed by atoms with E-state index in [0.29, 0.717) is 22.6 Å². The fourth-order valence-electron chi connectivity index (χ4n) is 2.97. The molecule has 0 radical (unpaired) electrons. The van der Waals surface area contributed by atoms with Crippen molar-refractivity contribution in [2.75, 3.05) is 7.11 Å². The standard InChI is InChI=1S/C20H18N2O6/c1-12-17(13(2)28-21-12)15-9-10-16(20(23)26-3)18(22(24)25)19(15)27-11-14-7-5-4-6-8-14/h4-10H,11H2,1-3H3. The second-order valence-corrected chi connectivity index (χ2v) is 6.06. The molecule has 0 aliphatic heterocycles. The average molecular weight is 382 g/mol. The Bertz CT molecular complexity index is 1010. The fraction of sp³-hybridized carbons (Fsp3) is 0.200. The van der Waals surface area contributed by atoms with E-state index in [1.165, 1.54) is 13.2 Å². The minimum Gasteiger partial charge on any atom is -0.481 e. The molecule has 3 aromatic rings. The Labute approximate surface area is 160 Å². The van der Waals surface area contributed by atoms with Crippen LogP contribution in [0.3, 0.4) is 0 Å². The molecule has 0 saturated heterocycles. The fourth-order valence-corrected chi connectivity index (χ4v) is 2.97. The molecule has 8 heteroatoms. The number of nitro benzene ring substituents is 1. The molecule has 0 spiro atoms. The summed E-state index contributed by atoms with van der Waals surface area (Å²) in [6.45, 7) is 3.52. The van der Waals surface area contributed by atoms with Crippen LogP contribution in [0.25, 0.3) is 11.1 Å². The second-order valence-electron chi connectivity index (χ2n) is 6.06. The first-order valence-electron chi connectivity index (χ1n) is 8.43. The van der Waals surface area contributed by atoms with Crippen LogP contribution in [-0.2, 0) is 11.3 Å². The predicted molar refractivity (Wildman–Crippen MR) is 100 cm³/mol. The number of esters is 1. The summed E-state index contributed by atoms with van der Waals surface area (Å²) in [5.41, 5.74) is 1.74. The number of benzene rings is 2. The number of nitrogens with zero attached hydrogens (tertiary/aromatic N) is 2. The van der Waals surface area contributed by atoms with Gasteiger partial charge >= 0.3 is 11.7 Å². The number of nitro groups is 1. The molecule has 1 aromatic heterocycles. The summed E-state index contributed by atoms with van der Waals surface area (Å²) in [5, 5.41) is 15.8. The maximum absolute atomic E-state index is 12.1. The molecule has 0 fully saturated rings. The van der Waals surface area contributed by atoms with Gasteiger partial charge < -0.3 is 14.0 Å². The smallest absolute Gasteiger partial charge is 0.345 e. The first-order valence-corrected chi connectivity index (χ1v) is 8.43. The number of rotatable bonds is 6. The van der Waals surface area contributed by atoms with E-state index in [9.17, 15) is 14.9 Å². The van der Waals surface area contributed by atoms with E-state index in [0.717, 1.165) is 5.56 Å². The van der Waals surface area contributed by atoms with Crippen LogP contribution in [-0.4, -0.2) is 23.2 Å². The van der Waals surface area contributed by atoms with Crippen LogP contribution in [0.5, 0.6) is 5.75 Å². The lowest BCUT2D eigenvalue weighted by Gasteiger charge is -2.14. The van der Waals surface area contributed by atoms with Gasteiger partial charge in [-0.3, -0.25) is 10.1 Å². The molecule has 0 saturated carbocycles. The number of aryl methyl sites for hydroxylation is 2. The molecule has 28 heavy (non-hydrogen) atoms. The zero-order valence-corrected chi connectivity index (χ0v) is 15.6. The van der Waals surface area contributed by atoms with Crippen LogP contribution in [0.15, 0.2) is 47.0 Å². The van der Waals surface area contributed by atoms with Crippen molar-refractivity contribution in [2.45, 2.75) is 20.5 Å². The van der Waals surface area contributed by atoms with Crippen LogP contribution >= 0.6 is 0 Å². The maximum Gasteiger partial charge on any atom is 0.345 e. The zero-order valence-electron chi connectivity index (χ0n) is 15.6. The van der Waals surface area contributed by atoms with Crippen LogP contribution in [0.1, 0.15) is 27.4 Å². The van der Waals surface area contributed by atoms with Crippen molar-refractivity contribution in [3.8, 4) is 16.9 Å². The van der Waals surface area contributed by atoms with Crippen molar-refractivity contribution < 1.29 is 23.7 Å². The highest BCUT2D eigenvalue weighted by Gasteiger charge is 2.31. The van der Waals surface area contributed by atoms with Gasteiger partial charge in [0, 0.05) is 5.56 Å². The van der Waals surface area contributed by atoms with Crippen molar-refractivity contribution in [3.63, 3.8) is 0 Å². The Morgan fingerprint density at radius 2 is 1.89 bits per heavy atom. The summed E-state index contributed by atoms with van der Waals surface area (Å²) < 4.78 is 15.8. The lowest BCUT2D eigenvalue weighted by molar-refractivity contribution is -0.386. The quantitative estimate of drug-likeness (QED) is 0.357. The van der Waals surface area contributed by atoms with E-state index in [2.05, 4.69) is 5.16 Å². The molecular formula is C20H18N2O6. The zero-order chi connectivity index (χ0) is 20.3. The molecule has 0 unspecified atom stereocenters. The lowest BCUT2D eigenvalue weighted by atomic mass is 9.99. The van der Waals surface area contributed by atoms with Gasteiger partial charge in [0.1, 0.15) is 17.9 Å². The lowest BCUT2D eigenvalue weighted by Crippen LogP contribution is -2.09. The summed E-state index contributed by atoms with van der Waals surface area (Å²) in [4.78, 5) is 23.3. The van der Waals surface area contributed by atoms with Gasteiger partial charge in [0.2, 0.25) is 5.75 Å². The highest BCUT2D eigenvalue weighted by molar-refractivity contribution is 5.97. The number of methoxy groups -OCH3 is 1. The molecule has 0 amide bonds. The monoisotopic (exact) mass is 382 g/mol. The minimum atomic E-state index is -0.818. The third-order valence-electron chi connectivity index (χ3n) is 4.25. The van der Waals surface area contributed by atoms with E-state index in [1.54, 1.807) is 19.9 Å². The molecule has 0 N–H and O–H groups in total. The molecule has 0 aliphatic carbocycles. The first kappa shape index (κ1) is 19.1. The second kappa shape index (κ2) is 7.91. The Kier molecular flexibility index (Phi) is 5.39. The molecular weight excluding hydrogens is 364 g/mol. The Morgan fingerprint density at radius 1 is 1.18 bits per heavy atom. The van der Waals surface area contributed by atoms with Crippen molar-refractivity contribution >= 4 is 11.7 Å². The normalized spacial score (nSPS) is 10.5. The Balaban J connectivity index is 2.20. The molecule has 3 rings (SSSR count). The van der Waals surface area contributed by atoms with E-state index >= 15 is 0 Å². The number of ether oxygens (including phenoxy) is 2. The minimum absolute atomic E-state index is 0.0360. The predicted octanol–water partition coefficient (Wildman–Crippen LogP) is 4.23. The number of hydrogen-bond donors (Lipinski definition) is 0. The Morgan fingerprint density at radius 3 is 2.46 bits per heavy atom. The highest BCUT2D eigenvalue weighted by Crippen LogP contribution is 2.43. The van der Waals surface area contributed by atoms with Crippen LogP contribution in [0.2, 0.25) is 0 Å². The third kappa shape index (κ3) is 3.57. The topological polar surface area (TPSA) is 105 Å². The van der Waals surface area contributed by atoms with Gasteiger partial charge in [-0.1, -0.05) is 35.5 Å². The molecule has 0 bridgehead atoms. The van der Waals surface area contributed by atoms with Crippen molar-refractivity contribution in [2.24, 2.45) is 0 Å². The number of carbonyl (C=O) groups excluding carboxylic acids is 1. The summed E-state index contributed by atoms with van der Waals surface area (Å²) in [6.07, 6.45) is 0. The van der Waals surface area contributed by atoms with Gasteiger partial charge in [0.25, 0.3) is 0 Å². The van der Waals surface area contributed by atoms with Gasteiger partial charge in [-0.15, -0.1) is 0 Å². The van der Waals surface area contributed by atoms with Gasteiger partial charge in [0.15, 0.2) is 0 Å². The largest absolute Gasteiger partial charge is 0.481 e. The van der Waals surface area contributed by atoms with Crippen LogP contribution in [0, 0.1) is 24.0 Å².